The van der Waals surface area contributed by atoms with Gasteiger partial charge in [-0.3, -0.25) is 4.79 Å². The number of nitrogens with one attached hydrogen (secondary N) is 1. The van der Waals surface area contributed by atoms with Crippen LogP contribution in [0.3, 0.4) is 0 Å². The Morgan fingerprint density at radius 2 is 2.30 bits per heavy atom. The highest BCUT2D eigenvalue weighted by molar-refractivity contribution is 5.78. The second kappa shape index (κ2) is 5.21. The number of amides is 1. The third kappa shape index (κ3) is 3.43. The smallest absolute Gasteiger partial charge is 0.222 e. The van der Waals surface area contributed by atoms with Crippen molar-refractivity contribution in [3.8, 4) is 0 Å². The van der Waals surface area contributed by atoms with E-state index in [1.165, 1.54) is 0 Å². The molecule has 0 aromatic rings. The van der Waals surface area contributed by atoms with E-state index in [4.69, 9.17) is 0 Å². The maximum absolute atomic E-state index is 11.5. The van der Waals surface area contributed by atoms with Gasteiger partial charge in [-0.15, -0.1) is 0 Å². The van der Waals surface area contributed by atoms with E-state index < -0.39 is 6.67 Å². The lowest BCUT2D eigenvalue weighted by atomic mass is 10.1. The van der Waals surface area contributed by atoms with Gasteiger partial charge in [0.2, 0.25) is 5.91 Å². The first-order chi connectivity index (χ1) is 4.72. The summed E-state index contributed by atoms with van der Waals surface area (Å²) in [6, 6.07) is 0. The van der Waals surface area contributed by atoms with Gasteiger partial charge in [0.1, 0.15) is 6.67 Å². The molecule has 0 bridgehead atoms. The van der Waals surface area contributed by atoms with Gasteiger partial charge >= 0.3 is 0 Å². The van der Waals surface area contributed by atoms with Crippen molar-refractivity contribution in [1.82, 2.24) is 5.32 Å². The highest BCUT2D eigenvalue weighted by Gasteiger charge is 2.07. The Kier molecular flexibility index (Phi) is 4.89. The van der Waals surface area contributed by atoms with E-state index in [0.717, 1.165) is 6.42 Å². The van der Waals surface area contributed by atoms with Gasteiger partial charge in [0.25, 0.3) is 0 Å². The van der Waals surface area contributed by atoms with E-state index in [0.29, 0.717) is 0 Å². The summed E-state index contributed by atoms with van der Waals surface area (Å²) < 4.78 is 11.5. The number of hydrogen-bond acceptors (Lipinski definition) is 1. The molecule has 0 fully saturated rings. The molecule has 1 unspecified atom stereocenters. The molecule has 2 nitrogen and oxygen atoms in total. The van der Waals surface area contributed by atoms with Gasteiger partial charge in [-0.05, 0) is 6.42 Å². The predicted octanol–water partition coefficient (Wildman–Crippen LogP) is 1.12. The van der Waals surface area contributed by atoms with Crippen molar-refractivity contribution in [2.75, 3.05) is 13.2 Å². The fourth-order valence-corrected chi connectivity index (χ4v) is 0.530. The van der Waals surface area contributed by atoms with Crippen LogP contribution in [0.25, 0.3) is 0 Å². The summed E-state index contributed by atoms with van der Waals surface area (Å²) >= 11 is 0. The number of carbonyl (C=O) groups excluding carboxylic acids is 1. The monoisotopic (exact) mass is 147 g/mol. The molecular formula is C7H14FNO. The van der Waals surface area contributed by atoms with Gasteiger partial charge in [-0.1, -0.05) is 13.8 Å². The van der Waals surface area contributed by atoms with Crippen molar-refractivity contribution in [3.63, 3.8) is 0 Å². The van der Waals surface area contributed by atoms with Crippen LogP contribution in [0, 0.1) is 5.92 Å². The molecule has 0 saturated carbocycles. The molecule has 0 aliphatic heterocycles. The van der Waals surface area contributed by atoms with E-state index in [1.807, 2.05) is 13.8 Å². The van der Waals surface area contributed by atoms with Crippen molar-refractivity contribution in [3.05, 3.63) is 0 Å². The summed E-state index contributed by atoms with van der Waals surface area (Å²) in [6.45, 7) is 3.42. The first-order valence-electron chi connectivity index (χ1n) is 3.56. The average molecular weight is 147 g/mol. The Labute approximate surface area is 60.8 Å². The van der Waals surface area contributed by atoms with Gasteiger partial charge in [-0.25, -0.2) is 4.39 Å². The molecule has 0 heterocycles. The zero-order valence-corrected chi connectivity index (χ0v) is 6.48. The molecule has 0 aliphatic rings. The molecule has 0 rings (SSSR count). The minimum absolute atomic E-state index is 0.00606. The molecule has 0 spiro atoms. The summed E-state index contributed by atoms with van der Waals surface area (Å²) in [5.74, 6) is -0.0494. The van der Waals surface area contributed by atoms with Crippen LogP contribution >= 0.6 is 0 Å². The van der Waals surface area contributed by atoms with Crippen LogP contribution < -0.4 is 5.32 Å². The summed E-state index contributed by atoms with van der Waals surface area (Å²) in [5.41, 5.74) is 0. The van der Waals surface area contributed by atoms with Crippen LogP contribution in [0.4, 0.5) is 4.39 Å². The van der Waals surface area contributed by atoms with Crippen LogP contribution in [-0.4, -0.2) is 19.1 Å². The second-order valence-electron chi connectivity index (χ2n) is 2.29. The fourth-order valence-electron chi connectivity index (χ4n) is 0.530. The minimum Gasteiger partial charge on any atom is -0.353 e. The molecule has 1 amide bonds. The van der Waals surface area contributed by atoms with Crippen molar-refractivity contribution in [2.24, 2.45) is 5.92 Å². The van der Waals surface area contributed by atoms with Gasteiger partial charge in [0.05, 0.1) is 0 Å². The predicted molar refractivity (Wildman–Crippen MR) is 38.4 cm³/mol. The Morgan fingerprint density at radius 3 is 2.70 bits per heavy atom. The molecule has 0 aromatic heterocycles. The van der Waals surface area contributed by atoms with E-state index >= 15 is 0 Å². The quantitative estimate of drug-likeness (QED) is 0.634. The lowest BCUT2D eigenvalue weighted by molar-refractivity contribution is -0.124. The number of halogens is 1. The molecule has 0 aliphatic carbocycles. The van der Waals surface area contributed by atoms with Crippen molar-refractivity contribution in [2.45, 2.75) is 20.3 Å². The molecule has 0 saturated heterocycles. The summed E-state index contributed by atoms with van der Waals surface area (Å²) in [6.07, 6.45) is 0.804. The van der Waals surface area contributed by atoms with E-state index in [1.54, 1.807) is 0 Å². The third-order valence-electron chi connectivity index (χ3n) is 1.45. The lowest BCUT2D eigenvalue weighted by Gasteiger charge is -2.07. The molecule has 0 radical (unpaired) electrons. The number of alkyl halides is 1. The van der Waals surface area contributed by atoms with E-state index in [-0.39, 0.29) is 18.4 Å². The molecule has 60 valence electrons. The summed E-state index contributed by atoms with van der Waals surface area (Å²) in [4.78, 5) is 10.9. The number of carbonyl (C=O) groups is 1. The normalized spacial score (nSPS) is 12.7. The highest BCUT2D eigenvalue weighted by Crippen LogP contribution is 1.98. The Hall–Kier alpha value is -0.600. The van der Waals surface area contributed by atoms with Crippen LogP contribution in [0.2, 0.25) is 0 Å². The molecular weight excluding hydrogens is 133 g/mol. The van der Waals surface area contributed by atoms with Gasteiger partial charge in [-0.2, -0.15) is 0 Å². The van der Waals surface area contributed by atoms with Crippen LogP contribution in [0.5, 0.6) is 0 Å². The maximum Gasteiger partial charge on any atom is 0.222 e. The largest absolute Gasteiger partial charge is 0.353 e. The zero-order valence-electron chi connectivity index (χ0n) is 6.48. The first-order valence-corrected chi connectivity index (χ1v) is 3.56. The van der Waals surface area contributed by atoms with Crippen molar-refractivity contribution >= 4 is 5.91 Å². The summed E-state index contributed by atoms with van der Waals surface area (Å²) in [5, 5.41) is 2.47. The van der Waals surface area contributed by atoms with Gasteiger partial charge in [0.15, 0.2) is 0 Å². The van der Waals surface area contributed by atoms with Gasteiger partial charge < -0.3 is 5.32 Å². The zero-order chi connectivity index (χ0) is 7.98. The SMILES string of the molecule is CCC(C)C(=O)NCCF. The topological polar surface area (TPSA) is 29.1 Å². The lowest BCUT2D eigenvalue weighted by Crippen LogP contribution is -2.30. The molecule has 1 atom stereocenters. The standard InChI is InChI=1S/C7H14FNO/c1-3-6(2)7(10)9-5-4-8/h6H,3-5H2,1-2H3,(H,9,10). The Morgan fingerprint density at radius 1 is 1.70 bits per heavy atom. The van der Waals surface area contributed by atoms with E-state index in [9.17, 15) is 9.18 Å². The molecule has 0 aromatic carbocycles. The Bertz CT molecular complexity index is 106. The molecule has 10 heavy (non-hydrogen) atoms. The van der Waals surface area contributed by atoms with E-state index in [2.05, 4.69) is 5.32 Å². The Balaban J connectivity index is 3.42. The minimum atomic E-state index is -0.484. The van der Waals surface area contributed by atoms with Gasteiger partial charge in [0, 0.05) is 12.5 Å². The van der Waals surface area contributed by atoms with Crippen molar-refractivity contribution < 1.29 is 9.18 Å². The second-order valence-corrected chi connectivity index (χ2v) is 2.29. The van der Waals surface area contributed by atoms with Crippen LogP contribution in [0.15, 0.2) is 0 Å². The van der Waals surface area contributed by atoms with Crippen LogP contribution in [-0.2, 0) is 4.79 Å². The maximum atomic E-state index is 11.5. The fraction of sp³-hybridized carbons (Fsp3) is 0.857. The number of rotatable bonds is 4. The summed E-state index contributed by atoms with van der Waals surface area (Å²) in [7, 11) is 0. The number of hydrogen-bond donors (Lipinski definition) is 1. The van der Waals surface area contributed by atoms with Crippen molar-refractivity contribution in [1.29, 1.82) is 0 Å². The molecule has 3 heteroatoms. The highest BCUT2D eigenvalue weighted by atomic mass is 19.1. The van der Waals surface area contributed by atoms with Crippen LogP contribution in [0.1, 0.15) is 20.3 Å². The average Bonchev–Trinajstić information content (AvgIpc) is 1.98. The first kappa shape index (κ1) is 9.40. The molecule has 1 N–H and O–H groups in total. The third-order valence-corrected chi connectivity index (χ3v) is 1.45.